The van der Waals surface area contributed by atoms with E-state index in [-0.39, 0.29) is 12.5 Å². The first kappa shape index (κ1) is 57.4. The van der Waals surface area contributed by atoms with Gasteiger partial charge in [0.05, 0.1) is 25.4 Å². The summed E-state index contributed by atoms with van der Waals surface area (Å²) in [5, 5.41) is 54.3. The molecule has 0 aromatic heterocycles. The largest absolute Gasteiger partial charge is 0.394 e. The van der Waals surface area contributed by atoms with E-state index in [4.69, 9.17) is 9.47 Å². The van der Waals surface area contributed by atoms with Gasteiger partial charge in [0, 0.05) is 6.42 Å². The van der Waals surface area contributed by atoms with Crippen LogP contribution in [0.15, 0.2) is 36.5 Å². The summed E-state index contributed by atoms with van der Waals surface area (Å²) in [4.78, 5) is 13.0. The summed E-state index contributed by atoms with van der Waals surface area (Å²) in [6.07, 6.45) is 46.2. The van der Waals surface area contributed by atoms with Crippen LogP contribution in [0.4, 0.5) is 0 Å². The molecule has 0 bridgehead atoms. The van der Waals surface area contributed by atoms with E-state index in [1.165, 1.54) is 161 Å². The molecule has 7 atom stereocenters. The van der Waals surface area contributed by atoms with Crippen LogP contribution in [0, 0.1) is 0 Å². The Kier molecular flexibility index (Phi) is 39.9. The Hall–Kier alpha value is -1.59. The van der Waals surface area contributed by atoms with Gasteiger partial charge in [0.25, 0.3) is 0 Å². The minimum atomic E-state index is -1.57. The molecule has 9 heteroatoms. The fraction of sp³-hybridized carbons (Fsp3) is 0.865. The second-order valence-corrected chi connectivity index (χ2v) is 18.0. The number of carbonyl (C=O) groups is 1. The second kappa shape index (κ2) is 42.4. The first-order valence-corrected chi connectivity index (χ1v) is 25.7. The van der Waals surface area contributed by atoms with Crippen molar-refractivity contribution in [1.82, 2.24) is 5.32 Å². The van der Waals surface area contributed by atoms with Gasteiger partial charge in [-0.3, -0.25) is 4.79 Å². The van der Waals surface area contributed by atoms with Crippen LogP contribution in [0.5, 0.6) is 0 Å². The topological polar surface area (TPSA) is 149 Å². The molecular weight excluding hydrogens is 767 g/mol. The molecule has 358 valence electrons. The van der Waals surface area contributed by atoms with Gasteiger partial charge in [0.2, 0.25) is 5.91 Å². The molecule has 1 saturated heterocycles. The average Bonchev–Trinajstić information content (AvgIpc) is 3.26. The van der Waals surface area contributed by atoms with E-state index in [9.17, 15) is 30.3 Å². The fourth-order valence-corrected chi connectivity index (χ4v) is 8.05. The van der Waals surface area contributed by atoms with Crippen molar-refractivity contribution in [3.05, 3.63) is 36.5 Å². The molecular formula is C52H97NO8. The van der Waals surface area contributed by atoms with Gasteiger partial charge >= 0.3 is 0 Å². The number of amides is 1. The standard InChI is InChI=1S/C52H97NO8/c1-3-5-7-9-11-13-15-17-19-21-22-23-24-26-28-30-32-34-36-38-40-42-48(56)53-45(44-60-52-51(59)50(58)49(57)47(43-54)61-52)46(55)41-39-37-35-33-31-29-27-25-20-18-16-14-12-10-8-6-4-2/h23-24,31,33,39,41,45-47,49-52,54-55,57-59H,3-22,25-30,32,34-38,40,42-44H2,1-2H3,(H,53,56)/b24-23-,33-31+,41-39+. The zero-order chi connectivity index (χ0) is 44.4. The number of ether oxygens (including phenoxy) is 2. The molecule has 9 nitrogen and oxygen atoms in total. The highest BCUT2D eigenvalue weighted by Gasteiger charge is 2.44. The Balaban J connectivity index is 2.31. The van der Waals surface area contributed by atoms with Crippen molar-refractivity contribution in [2.45, 2.75) is 275 Å². The number of allylic oxidation sites excluding steroid dienone is 5. The molecule has 1 aliphatic heterocycles. The van der Waals surface area contributed by atoms with Crippen LogP contribution in [0.1, 0.15) is 232 Å². The van der Waals surface area contributed by atoms with E-state index < -0.39 is 49.5 Å². The zero-order valence-electron chi connectivity index (χ0n) is 39.4. The highest BCUT2D eigenvalue weighted by Crippen LogP contribution is 2.23. The summed E-state index contributed by atoms with van der Waals surface area (Å²) in [6.45, 7) is 3.77. The summed E-state index contributed by atoms with van der Waals surface area (Å²) in [7, 11) is 0. The van der Waals surface area contributed by atoms with E-state index in [1.807, 2.05) is 6.08 Å². The number of nitrogens with one attached hydrogen (secondary N) is 1. The average molecular weight is 864 g/mol. The maximum atomic E-state index is 13.0. The van der Waals surface area contributed by atoms with Crippen LogP contribution < -0.4 is 5.32 Å². The molecule has 1 heterocycles. The lowest BCUT2D eigenvalue weighted by Gasteiger charge is -2.40. The number of unbranched alkanes of at least 4 members (excludes halogenated alkanes) is 29. The summed E-state index contributed by atoms with van der Waals surface area (Å²) >= 11 is 0. The van der Waals surface area contributed by atoms with Crippen molar-refractivity contribution in [2.24, 2.45) is 0 Å². The van der Waals surface area contributed by atoms with Gasteiger partial charge in [0.15, 0.2) is 6.29 Å². The van der Waals surface area contributed by atoms with Gasteiger partial charge in [-0.1, -0.05) is 204 Å². The summed E-state index contributed by atoms with van der Waals surface area (Å²) in [6, 6.07) is -0.823. The smallest absolute Gasteiger partial charge is 0.220 e. The molecule has 1 amide bonds. The summed E-state index contributed by atoms with van der Waals surface area (Å²) in [5.41, 5.74) is 0. The Morgan fingerprint density at radius 2 is 0.934 bits per heavy atom. The highest BCUT2D eigenvalue weighted by molar-refractivity contribution is 5.76. The van der Waals surface area contributed by atoms with Crippen LogP contribution >= 0.6 is 0 Å². The van der Waals surface area contributed by atoms with Crippen molar-refractivity contribution in [3.8, 4) is 0 Å². The molecule has 6 N–H and O–H groups in total. The van der Waals surface area contributed by atoms with Gasteiger partial charge in [-0.15, -0.1) is 0 Å². The van der Waals surface area contributed by atoms with Gasteiger partial charge in [-0.05, 0) is 57.8 Å². The maximum absolute atomic E-state index is 13.0. The number of aliphatic hydroxyl groups excluding tert-OH is 5. The lowest BCUT2D eigenvalue weighted by molar-refractivity contribution is -0.302. The quantitative estimate of drug-likeness (QED) is 0.0262. The SMILES string of the molecule is CCCCCCCCCCCC/C=C\CCCCCCCCCC(=O)NC(COC1OC(CO)C(O)C(O)C1O)C(O)/C=C/CC/C=C/CCCCCCCCCCCCC. The third kappa shape index (κ3) is 32.7. The molecule has 1 fully saturated rings. The summed E-state index contributed by atoms with van der Waals surface area (Å²) < 4.78 is 11.2. The van der Waals surface area contributed by atoms with Gasteiger partial charge in [-0.2, -0.15) is 0 Å². The van der Waals surface area contributed by atoms with Crippen molar-refractivity contribution in [2.75, 3.05) is 13.2 Å². The van der Waals surface area contributed by atoms with Crippen molar-refractivity contribution in [3.63, 3.8) is 0 Å². The predicted molar refractivity (Wildman–Crippen MR) is 253 cm³/mol. The van der Waals surface area contributed by atoms with Gasteiger partial charge < -0.3 is 40.3 Å². The lowest BCUT2D eigenvalue weighted by atomic mass is 9.99. The molecule has 61 heavy (non-hydrogen) atoms. The molecule has 0 aliphatic carbocycles. The van der Waals surface area contributed by atoms with Gasteiger partial charge in [0.1, 0.15) is 24.4 Å². The lowest BCUT2D eigenvalue weighted by Crippen LogP contribution is -2.60. The van der Waals surface area contributed by atoms with E-state index in [1.54, 1.807) is 6.08 Å². The van der Waals surface area contributed by atoms with Crippen LogP contribution in [0.25, 0.3) is 0 Å². The normalized spacial score (nSPS) is 20.7. The molecule has 1 rings (SSSR count). The molecule has 0 aromatic carbocycles. The Morgan fingerprint density at radius 1 is 0.541 bits per heavy atom. The Morgan fingerprint density at radius 3 is 1.38 bits per heavy atom. The first-order valence-electron chi connectivity index (χ1n) is 25.7. The number of hydrogen-bond acceptors (Lipinski definition) is 8. The Bertz CT molecular complexity index is 1050. The number of carbonyl (C=O) groups excluding carboxylic acids is 1. The van der Waals surface area contributed by atoms with Crippen LogP contribution in [-0.2, 0) is 14.3 Å². The fourth-order valence-electron chi connectivity index (χ4n) is 8.05. The number of aliphatic hydroxyl groups is 5. The van der Waals surface area contributed by atoms with E-state index in [0.29, 0.717) is 6.42 Å². The third-order valence-corrected chi connectivity index (χ3v) is 12.2. The number of rotatable bonds is 43. The third-order valence-electron chi connectivity index (χ3n) is 12.2. The molecule has 0 spiro atoms. The van der Waals surface area contributed by atoms with E-state index in [2.05, 4.69) is 43.5 Å². The molecule has 1 aliphatic rings. The monoisotopic (exact) mass is 864 g/mol. The molecule has 0 aromatic rings. The van der Waals surface area contributed by atoms with Crippen molar-refractivity contribution < 1.29 is 39.8 Å². The van der Waals surface area contributed by atoms with Crippen LogP contribution in [0.2, 0.25) is 0 Å². The minimum absolute atomic E-state index is 0.190. The minimum Gasteiger partial charge on any atom is -0.394 e. The first-order chi connectivity index (χ1) is 29.8. The number of hydrogen-bond donors (Lipinski definition) is 6. The molecule has 7 unspecified atom stereocenters. The molecule has 0 radical (unpaired) electrons. The predicted octanol–water partition coefficient (Wildman–Crippen LogP) is 11.6. The maximum Gasteiger partial charge on any atom is 0.220 e. The van der Waals surface area contributed by atoms with Crippen LogP contribution in [0.3, 0.4) is 0 Å². The molecule has 0 saturated carbocycles. The zero-order valence-corrected chi connectivity index (χ0v) is 39.4. The van der Waals surface area contributed by atoms with Crippen molar-refractivity contribution in [1.29, 1.82) is 0 Å². The highest BCUT2D eigenvalue weighted by atomic mass is 16.7. The second-order valence-electron chi connectivity index (χ2n) is 18.0. The van der Waals surface area contributed by atoms with E-state index >= 15 is 0 Å². The van der Waals surface area contributed by atoms with Crippen molar-refractivity contribution >= 4 is 5.91 Å². The Labute approximate surface area is 374 Å². The summed E-state index contributed by atoms with van der Waals surface area (Å²) in [5.74, 6) is -0.190. The van der Waals surface area contributed by atoms with E-state index in [0.717, 1.165) is 51.4 Å². The van der Waals surface area contributed by atoms with Crippen LogP contribution in [-0.4, -0.2) is 87.5 Å². The van der Waals surface area contributed by atoms with Gasteiger partial charge in [-0.25, -0.2) is 0 Å².